The molecule has 1 rings (SSSR count). The molecule has 0 aromatic carbocycles. The van der Waals surface area contributed by atoms with Crippen LogP contribution >= 0.6 is 0 Å². The summed E-state index contributed by atoms with van der Waals surface area (Å²) in [6.45, 7) is 7.61. The number of anilines is 1. The van der Waals surface area contributed by atoms with Gasteiger partial charge in [0.05, 0.1) is 12.0 Å². The van der Waals surface area contributed by atoms with E-state index in [9.17, 15) is 0 Å². The quantitative estimate of drug-likeness (QED) is 0.702. The second-order valence-corrected chi connectivity index (χ2v) is 5.29. The Hall–Kier alpha value is -0.990. The molecule has 0 aliphatic heterocycles. The lowest BCUT2D eigenvalue weighted by Gasteiger charge is -2.08. The van der Waals surface area contributed by atoms with Crippen LogP contribution in [0, 0.1) is 5.92 Å². The zero-order chi connectivity index (χ0) is 12.7. The molecule has 0 bridgehead atoms. The van der Waals surface area contributed by atoms with Gasteiger partial charge in [-0.15, -0.1) is 0 Å². The molecule has 0 aliphatic carbocycles. The third-order valence-electron chi connectivity index (χ3n) is 3.04. The number of nitrogens with zero attached hydrogens (tertiary/aromatic N) is 2. The molecular weight excluding hydrogens is 210 g/mol. The maximum absolute atomic E-state index is 6.09. The summed E-state index contributed by atoms with van der Waals surface area (Å²) < 4.78 is 2.08. The van der Waals surface area contributed by atoms with Gasteiger partial charge < -0.3 is 10.3 Å². The molecule has 3 heteroatoms. The van der Waals surface area contributed by atoms with E-state index in [0.29, 0.717) is 5.92 Å². The van der Waals surface area contributed by atoms with Crippen molar-refractivity contribution in [2.24, 2.45) is 5.92 Å². The average molecular weight is 237 g/mol. The van der Waals surface area contributed by atoms with Gasteiger partial charge in [-0.05, 0) is 18.8 Å². The van der Waals surface area contributed by atoms with Gasteiger partial charge in [0.2, 0.25) is 0 Å². The molecule has 3 nitrogen and oxygen atoms in total. The Labute approximate surface area is 105 Å². The molecule has 0 unspecified atom stereocenters. The molecule has 0 fully saturated rings. The van der Waals surface area contributed by atoms with Crippen molar-refractivity contribution in [2.75, 3.05) is 5.73 Å². The molecule has 0 aliphatic rings. The van der Waals surface area contributed by atoms with Crippen LogP contribution in [0.1, 0.15) is 58.6 Å². The Morgan fingerprint density at radius 2 is 1.94 bits per heavy atom. The van der Waals surface area contributed by atoms with Crippen LogP contribution in [0.3, 0.4) is 0 Å². The van der Waals surface area contributed by atoms with E-state index in [1.54, 1.807) is 0 Å². The zero-order valence-electron chi connectivity index (χ0n) is 11.6. The number of hydrogen-bond acceptors (Lipinski definition) is 2. The molecule has 0 amide bonds. The largest absolute Gasteiger partial charge is 0.384 e. The third-order valence-corrected chi connectivity index (χ3v) is 3.04. The van der Waals surface area contributed by atoms with Crippen molar-refractivity contribution in [1.29, 1.82) is 0 Å². The fourth-order valence-electron chi connectivity index (χ4n) is 2.06. The van der Waals surface area contributed by atoms with Crippen LogP contribution in [0.15, 0.2) is 6.33 Å². The Balaban J connectivity index is 2.36. The van der Waals surface area contributed by atoms with Crippen molar-refractivity contribution in [3.8, 4) is 0 Å². The van der Waals surface area contributed by atoms with Crippen molar-refractivity contribution in [1.82, 2.24) is 9.55 Å². The fourth-order valence-corrected chi connectivity index (χ4v) is 2.06. The van der Waals surface area contributed by atoms with Crippen LogP contribution in [-0.2, 0) is 13.0 Å². The van der Waals surface area contributed by atoms with Gasteiger partial charge in [0, 0.05) is 6.54 Å². The third kappa shape index (κ3) is 4.80. The first-order valence-corrected chi connectivity index (χ1v) is 6.94. The summed E-state index contributed by atoms with van der Waals surface area (Å²) in [6.07, 6.45) is 9.40. The number of hydrogen-bond donors (Lipinski definition) is 1. The highest BCUT2D eigenvalue weighted by atomic mass is 15.1. The first-order valence-electron chi connectivity index (χ1n) is 6.94. The van der Waals surface area contributed by atoms with Crippen molar-refractivity contribution in [2.45, 2.75) is 65.8 Å². The lowest BCUT2D eigenvalue weighted by molar-refractivity contribution is 0.527. The van der Waals surface area contributed by atoms with Gasteiger partial charge in [-0.3, -0.25) is 0 Å². The molecule has 17 heavy (non-hydrogen) atoms. The normalized spacial score (nSPS) is 11.3. The van der Waals surface area contributed by atoms with Gasteiger partial charge in [0.15, 0.2) is 0 Å². The second kappa shape index (κ2) is 7.36. The first kappa shape index (κ1) is 14.1. The Bertz CT molecular complexity index is 315. The summed E-state index contributed by atoms with van der Waals surface area (Å²) in [4.78, 5) is 4.42. The Kier molecular flexibility index (Phi) is 6.09. The van der Waals surface area contributed by atoms with Crippen LogP contribution < -0.4 is 5.73 Å². The number of imidazole rings is 1. The van der Waals surface area contributed by atoms with Gasteiger partial charge >= 0.3 is 0 Å². The maximum atomic E-state index is 6.09. The molecule has 1 aromatic heterocycles. The molecule has 1 heterocycles. The van der Waals surface area contributed by atoms with Crippen molar-refractivity contribution in [3.05, 3.63) is 12.0 Å². The molecule has 0 saturated heterocycles. The average Bonchev–Trinajstić information content (AvgIpc) is 2.60. The fraction of sp³-hybridized carbons (Fsp3) is 0.786. The summed E-state index contributed by atoms with van der Waals surface area (Å²) in [5.74, 6) is 1.48. The van der Waals surface area contributed by atoms with Gasteiger partial charge in [-0.1, -0.05) is 46.5 Å². The van der Waals surface area contributed by atoms with E-state index in [4.69, 9.17) is 5.73 Å². The van der Waals surface area contributed by atoms with E-state index in [0.717, 1.165) is 24.5 Å². The number of nitrogen functional groups attached to an aromatic ring is 1. The van der Waals surface area contributed by atoms with Crippen LogP contribution in [-0.4, -0.2) is 9.55 Å². The van der Waals surface area contributed by atoms with Crippen LogP contribution in [0.2, 0.25) is 0 Å². The van der Waals surface area contributed by atoms with E-state index in [2.05, 4.69) is 30.3 Å². The highest BCUT2D eigenvalue weighted by molar-refractivity contribution is 5.35. The van der Waals surface area contributed by atoms with E-state index in [1.165, 1.54) is 32.1 Å². The number of aromatic nitrogens is 2. The second-order valence-electron chi connectivity index (χ2n) is 5.29. The Morgan fingerprint density at radius 3 is 2.59 bits per heavy atom. The van der Waals surface area contributed by atoms with E-state index in [-0.39, 0.29) is 0 Å². The number of aryl methyl sites for hydroxylation is 1. The smallest absolute Gasteiger partial charge is 0.126 e. The molecule has 1 aromatic rings. The SMILES string of the molecule is CCCCCCCc1ncn(CC(C)C)c1N. The molecular formula is C14H27N3. The monoisotopic (exact) mass is 237 g/mol. The molecule has 0 radical (unpaired) electrons. The van der Waals surface area contributed by atoms with Gasteiger partial charge in [0.1, 0.15) is 5.82 Å². The lowest BCUT2D eigenvalue weighted by atomic mass is 10.1. The summed E-state index contributed by atoms with van der Waals surface area (Å²) in [7, 11) is 0. The summed E-state index contributed by atoms with van der Waals surface area (Å²) in [5, 5.41) is 0. The lowest BCUT2D eigenvalue weighted by Crippen LogP contribution is -2.07. The predicted octanol–water partition coefficient (Wildman–Crippen LogP) is 3.63. The Morgan fingerprint density at radius 1 is 1.24 bits per heavy atom. The van der Waals surface area contributed by atoms with Crippen molar-refractivity contribution in [3.63, 3.8) is 0 Å². The van der Waals surface area contributed by atoms with Crippen LogP contribution in [0.5, 0.6) is 0 Å². The highest BCUT2D eigenvalue weighted by Gasteiger charge is 2.08. The van der Waals surface area contributed by atoms with Crippen LogP contribution in [0.25, 0.3) is 0 Å². The molecule has 0 atom stereocenters. The minimum absolute atomic E-state index is 0.615. The standard InChI is InChI=1S/C14H27N3/c1-4-5-6-7-8-9-13-14(15)17(11-16-13)10-12(2)3/h11-12H,4-10,15H2,1-3H3. The predicted molar refractivity (Wildman–Crippen MR) is 73.9 cm³/mol. The van der Waals surface area contributed by atoms with E-state index in [1.807, 2.05) is 6.33 Å². The van der Waals surface area contributed by atoms with Crippen molar-refractivity contribution < 1.29 is 0 Å². The minimum Gasteiger partial charge on any atom is -0.384 e. The highest BCUT2D eigenvalue weighted by Crippen LogP contribution is 2.15. The zero-order valence-corrected chi connectivity index (χ0v) is 11.6. The number of rotatable bonds is 8. The van der Waals surface area contributed by atoms with Gasteiger partial charge in [0.25, 0.3) is 0 Å². The maximum Gasteiger partial charge on any atom is 0.126 e. The van der Waals surface area contributed by atoms with E-state index >= 15 is 0 Å². The van der Waals surface area contributed by atoms with Gasteiger partial charge in [-0.25, -0.2) is 4.98 Å². The number of nitrogens with two attached hydrogens (primary N) is 1. The number of unbranched alkanes of at least 4 members (excludes halogenated alkanes) is 4. The van der Waals surface area contributed by atoms with Gasteiger partial charge in [-0.2, -0.15) is 0 Å². The molecule has 2 N–H and O–H groups in total. The van der Waals surface area contributed by atoms with Crippen LogP contribution in [0.4, 0.5) is 5.82 Å². The summed E-state index contributed by atoms with van der Waals surface area (Å²) in [5.41, 5.74) is 7.18. The minimum atomic E-state index is 0.615. The molecule has 0 saturated carbocycles. The molecule has 98 valence electrons. The van der Waals surface area contributed by atoms with Crippen molar-refractivity contribution >= 4 is 5.82 Å². The molecule has 0 spiro atoms. The van der Waals surface area contributed by atoms with E-state index < -0.39 is 0 Å². The summed E-state index contributed by atoms with van der Waals surface area (Å²) >= 11 is 0. The summed E-state index contributed by atoms with van der Waals surface area (Å²) in [6, 6.07) is 0. The topological polar surface area (TPSA) is 43.8 Å². The first-order chi connectivity index (χ1) is 8.15.